The Kier molecular flexibility index (Phi) is 2.96. The van der Waals surface area contributed by atoms with E-state index in [9.17, 15) is 4.21 Å². The first-order valence-electron chi connectivity index (χ1n) is 4.71. The summed E-state index contributed by atoms with van der Waals surface area (Å²) >= 11 is -1.85. The number of hydrogen-bond donors (Lipinski definition) is 2. The summed E-state index contributed by atoms with van der Waals surface area (Å²) < 4.78 is 19.8. The Balaban J connectivity index is 2.37. The molecule has 0 aromatic heterocycles. The van der Waals surface area contributed by atoms with Gasteiger partial charge < -0.3 is 9.87 Å². The van der Waals surface area contributed by atoms with Crippen molar-refractivity contribution in [3.63, 3.8) is 0 Å². The zero-order valence-electron chi connectivity index (χ0n) is 7.82. The van der Waals surface area contributed by atoms with E-state index in [0.717, 1.165) is 25.9 Å². The number of rotatable bonds is 1. The molecule has 1 atom stereocenters. The van der Waals surface area contributed by atoms with Crippen molar-refractivity contribution in [1.82, 2.24) is 5.32 Å². The van der Waals surface area contributed by atoms with Crippen molar-refractivity contribution in [2.75, 3.05) is 13.1 Å². The van der Waals surface area contributed by atoms with Crippen molar-refractivity contribution in [2.24, 2.45) is 0 Å². The lowest BCUT2D eigenvalue weighted by molar-refractivity contribution is 0.564. The summed E-state index contributed by atoms with van der Waals surface area (Å²) in [5, 5.41) is 3.30. The molecule has 3 nitrogen and oxygen atoms in total. The van der Waals surface area contributed by atoms with Crippen LogP contribution in [-0.4, -0.2) is 21.9 Å². The van der Waals surface area contributed by atoms with Gasteiger partial charge in [-0.05, 0) is 49.2 Å². The maximum Gasteiger partial charge on any atom is 0.186 e. The molecular formula is C10H13NO2S. The summed E-state index contributed by atoms with van der Waals surface area (Å²) in [5.41, 5.74) is 2.50. The van der Waals surface area contributed by atoms with Gasteiger partial charge in [-0.25, -0.2) is 4.21 Å². The largest absolute Gasteiger partial charge is 0.316 e. The van der Waals surface area contributed by atoms with E-state index in [0.29, 0.717) is 4.90 Å². The van der Waals surface area contributed by atoms with Crippen molar-refractivity contribution in [3.8, 4) is 0 Å². The first-order chi connectivity index (χ1) is 6.77. The first-order valence-corrected chi connectivity index (χ1v) is 5.81. The summed E-state index contributed by atoms with van der Waals surface area (Å²) in [5.74, 6) is 0. The van der Waals surface area contributed by atoms with Gasteiger partial charge in [0.1, 0.15) is 0 Å². The van der Waals surface area contributed by atoms with Crippen molar-refractivity contribution in [2.45, 2.75) is 17.7 Å². The number of fused-ring (bicyclic) bond motifs is 1. The van der Waals surface area contributed by atoms with Crippen LogP contribution in [0.5, 0.6) is 0 Å². The van der Waals surface area contributed by atoms with Gasteiger partial charge in [-0.1, -0.05) is 6.07 Å². The fourth-order valence-corrected chi connectivity index (χ4v) is 2.19. The molecule has 1 aliphatic rings. The standard InChI is InChI=1S/C10H13NO2S/c12-14(13)10-2-1-8-3-5-11-6-4-9(8)7-10/h1-2,7,11H,3-6H2,(H,12,13). The van der Waals surface area contributed by atoms with Gasteiger partial charge in [0, 0.05) is 0 Å². The normalized spacial score (nSPS) is 18.4. The monoisotopic (exact) mass is 211 g/mol. The Morgan fingerprint density at radius 3 is 2.64 bits per heavy atom. The maximum absolute atomic E-state index is 10.9. The molecule has 0 aliphatic carbocycles. The van der Waals surface area contributed by atoms with E-state index in [2.05, 4.69) is 5.32 Å². The third-order valence-electron chi connectivity index (χ3n) is 2.52. The highest BCUT2D eigenvalue weighted by Gasteiger charge is 2.09. The fraction of sp³-hybridized carbons (Fsp3) is 0.400. The molecule has 0 amide bonds. The minimum Gasteiger partial charge on any atom is -0.316 e. The molecule has 14 heavy (non-hydrogen) atoms. The Hall–Kier alpha value is -0.710. The van der Waals surface area contributed by atoms with E-state index in [1.54, 1.807) is 6.07 Å². The van der Waals surface area contributed by atoms with Gasteiger partial charge in [0.25, 0.3) is 0 Å². The summed E-state index contributed by atoms with van der Waals surface area (Å²) in [6.45, 7) is 1.95. The van der Waals surface area contributed by atoms with Crippen LogP contribution in [0.15, 0.2) is 23.1 Å². The van der Waals surface area contributed by atoms with Crippen LogP contribution < -0.4 is 5.32 Å². The molecule has 2 N–H and O–H groups in total. The molecule has 2 rings (SSSR count). The summed E-state index contributed by atoms with van der Waals surface area (Å²) in [6.07, 6.45) is 1.95. The average Bonchev–Trinajstić information content (AvgIpc) is 2.41. The van der Waals surface area contributed by atoms with Crippen molar-refractivity contribution in [3.05, 3.63) is 29.3 Å². The third-order valence-corrected chi connectivity index (χ3v) is 3.18. The van der Waals surface area contributed by atoms with Gasteiger partial charge in [0.2, 0.25) is 0 Å². The van der Waals surface area contributed by atoms with Crippen LogP contribution in [0.25, 0.3) is 0 Å². The van der Waals surface area contributed by atoms with Gasteiger partial charge in [0.15, 0.2) is 11.1 Å². The first kappa shape index (κ1) is 9.83. The SMILES string of the molecule is O=S(O)c1ccc2c(c1)CCNCC2. The molecule has 0 saturated carbocycles. The Bertz CT molecular complexity index is 365. The number of nitrogens with one attached hydrogen (secondary N) is 1. The van der Waals surface area contributed by atoms with Gasteiger partial charge in [-0.2, -0.15) is 0 Å². The second kappa shape index (κ2) is 4.21. The van der Waals surface area contributed by atoms with Crippen LogP contribution in [0.1, 0.15) is 11.1 Å². The lowest BCUT2D eigenvalue weighted by Gasteiger charge is -2.05. The zero-order chi connectivity index (χ0) is 9.97. The highest BCUT2D eigenvalue weighted by atomic mass is 32.2. The topological polar surface area (TPSA) is 49.3 Å². The van der Waals surface area contributed by atoms with E-state index < -0.39 is 11.1 Å². The van der Waals surface area contributed by atoms with Gasteiger partial charge in [-0.15, -0.1) is 0 Å². The Morgan fingerprint density at radius 2 is 1.93 bits per heavy atom. The quantitative estimate of drug-likeness (QED) is 0.680. The van der Waals surface area contributed by atoms with Crippen LogP contribution in [-0.2, 0) is 23.9 Å². The molecular weight excluding hydrogens is 198 g/mol. The minimum atomic E-state index is -1.85. The molecule has 0 fully saturated rings. The lowest BCUT2D eigenvalue weighted by atomic mass is 10.0. The van der Waals surface area contributed by atoms with Crippen molar-refractivity contribution < 1.29 is 8.76 Å². The van der Waals surface area contributed by atoms with E-state index in [-0.39, 0.29) is 0 Å². The van der Waals surface area contributed by atoms with Crippen LogP contribution in [0.3, 0.4) is 0 Å². The Labute approximate surface area is 85.8 Å². The highest BCUT2D eigenvalue weighted by molar-refractivity contribution is 7.79. The van der Waals surface area contributed by atoms with Crippen molar-refractivity contribution in [1.29, 1.82) is 0 Å². The predicted octanol–water partition coefficient (Wildman–Crippen LogP) is 0.955. The predicted molar refractivity (Wildman–Crippen MR) is 55.8 cm³/mol. The molecule has 1 aliphatic heterocycles. The average molecular weight is 211 g/mol. The number of benzene rings is 1. The van der Waals surface area contributed by atoms with Crippen LogP contribution in [0, 0.1) is 0 Å². The number of hydrogen-bond acceptors (Lipinski definition) is 2. The molecule has 1 heterocycles. The molecule has 0 saturated heterocycles. The maximum atomic E-state index is 10.9. The van der Waals surface area contributed by atoms with Crippen molar-refractivity contribution >= 4 is 11.1 Å². The molecule has 1 unspecified atom stereocenters. The molecule has 0 bridgehead atoms. The van der Waals surface area contributed by atoms with E-state index in [1.807, 2.05) is 12.1 Å². The van der Waals surface area contributed by atoms with Crippen LogP contribution >= 0.6 is 0 Å². The van der Waals surface area contributed by atoms with E-state index in [1.165, 1.54) is 11.1 Å². The van der Waals surface area contributed by atoms with E-state index >= 15 is 0 Å². The zero-order valence-corrected chi connectivity index (χ0v) is 8.64. The molecule has 0 spiro atoms. The Morgan fingerprint density at radius 1 is 1.21 bits per heavy atom. The summed E-state index contributed by atoms with van der Waals surface area (Å²) in [6, 6.07) is 5.55. The third kappa shape index (κ3) is 2.03. The minimum absolute atomic E-state index is 0.505. The lowest BCUT2D eigenvalue weighted by Crippen LogP contribution is -2.16. The van der Waals surface area contributed by atoms with Gasteiger partial charge in [0.05, 0.1) is 4.90 Å². The summed E-state index contributed by atoms with van der Waals surface area (Å²) in [7, 11) is 0. The van der Waals surface area contributed by atoms with Gasteiger partial charge in [-0.3, -0.25) is 0 Å². The smallest absolute Gasteiger partial charge is 0.186 e. The second-order valence-electron chi connectivity index (χ2n) is 3.43. The molecule has 4 heteroatoms. The second-order valence-corrected chi connectivity index (χ2v) is 4.40. The fourth-order valence-electron chi connectivity index (χ4n) is 1.76. The van der Waals surface area contributed by atoms with Gasteiger partial charge >= 0.3 is 0 Å². The molecule has 0 radical (unpaired) electrons. The highest BCUT2D eigenvalue weighted by Crippen LogP contribution is 2.16. The summed E-state index contributed by atoms with van der Waals surface area (Å²) in [4.78, 5) is 0.505. The van der Waals surface area contributed by atoms with Crippen LogP contribution in [0.4, 0.5) is 0 Å². The van der Waals surface area contributed by atoms with E-state index in [4.69, 9.17) is 4.55 Å². The molecule has 1 aromatic rings. The molecule has 76 valence electrons. The van der Waals surface area contributed by atoms with Crippen LogP contribution in [0.2, 0.25) is 0 Å². The molecule has 1 aromatic carbocycles.